The summed E-state index contributed by atoms with van der Waals surface area (Å²) >= 11 is 0. The van der Waals surface area contributed by atoms with Crippen molar-refractivity contribution < 1.29 is 19.1 Å². The molecule has 1 aromatic carbocycles. The number of nitrogens with two attached hydrogens (primary N) is 1. The molecular weight excluding hydrogens is 286 g/mol. The number of benzene rings is 1. The Morgan fingerprint density at radius 1 is 1.32 bits per heavy atom. The van der Waals surface area contributed by atoms with E-state index in [0.717, 1.165) is 0 Å². The van der Waals surface area contributed by atoms with Gasteiger partial charge in [-0.3, -0.25) is 9.59 Å². The second kappa shape index (κ2) is 7.13. The van der Waals surface area contributed by atoms with E-state index in [1.165, 1.54) is 4.90 Å². The molecule has 0 fully saturated rings. The minimum Gasteiger partial charge on any atom is -0.486 e. The van der Waals surface area contributed by atoms with E-state index in [2.05, 4.69) is 5.32 Å². The highest BCUT2D eigenvalue weighted by atomic mass is 16.6. The molecule has 1 aliphatic heterocycles. The molecule has 7 nitrogen and oxygen atoms in total. The Hall–Kier alpha value is -2.28. The molecule has 0 saturated carbocycles. The first-order chi connectivity index (χ1) is 10.5. The summed E-state index contributed by atoms with van der Waals surface area (Å²) in [6, 6.07) is 4.56. The lowest BCUT2D eigenvalue weighted by atomic mass is 10.2. The minimum atomic E-state index is -0.623. The number of hydrogen-bond acceptors (Lipinski definition) is 5. The molecule has 0 spiro atoms. The van der Waals surface area contributed by atoms with Crippen LogP contribution in [-0.2, 0) is 9.59 Å². The van der Waals surface area contributed by atoms with Crippen molar-refractivity contribution in [2.45, 2.75) is 19.9 Å². The Bertz CT molecular complexity index is 560. The third-order valence-corrected chi connectivity index (χ3v) is 3.24. The maximum Gasteiger partial charge on any atom is 0.243 e. The lowest BCUT2D eigenvalue weighted by molar-refractivity contribution is -0.135. The third kappa shape index (κ3) is 3.88. The monoisotopic (exact) mass is 307 g/mol. The average molecular weight is 307 g/mol. The number of nitrogens with zero attached hydrogens (tertiary/aromatic N) is 1. The Kier molecular flexibility index (Phi) is 5.21. The van der Waals surface area contributed by atoms with E-state index in [9.17, 15) is 9.59 Å². The highest BCUT2D eigenvalue weighted by molar-refractivity contribution is 5.95. The SMILES string of the molecule is CCN(CC(=O)Nc1ccc2c(c1)OCCO2)C(=O)[C@@H](C)N. The molecule has 2 amide bonds. The molecule has 0 bridgehead atoms. The van der Waals surface area contributed by atoms with Gasteiger partial charge in [-0.1, -0.05) is 0 Å². The highest BCUT2D eigenvalue weighted by Gasteiger charge is 2.19. The fraction of sp³-hybridized carbons (Fsp3) is 0.467. The number of ether oxygens (including phenoxy) is 2. The molecule has 0 saturated heterocycles. The molecule has 2 rings (SSSR count). The molecule has 0 unspecified atom stereocenters. The van der Waals surface area contributed by atoms with Crippen LogP contribution in [0.5, 0.6) is 11.5 Å². The van der Waals surface area contributed by atoms with E-state index in [0.29, 0.717) is 36.9 Å². The zero-order chi connectivity index (χ0) is 16.1. The maximum atomic E-state index is 12.1. The lowest BCUT2D eigenvalue weighted by Gasteiger charge is -2.22. The van der Waals surface area contributed by atoms with Gasteiger partial charge in [-0.2, -0.15) is 0 Å². The van der Waals surface area contributed by atoms with E-state index in [4.69, 9.17) is 15.2 Å². The second-order valence-corrected chi connectivity index (χ2v) is 5.05. The number of nitrogens with one attached hydrogen (secondary N) is 1. The Morgan fingerprint density at radius 2 is 2.00 bits per heavy atom. The molecule has 3 N–H and O–H groups in total. The van der Waals surface area contributed by atoms with Crippen molar-refractivity contribution in [3.05, 3.63) is 18.2 Å². The summed E-state index contributed by atoms with van der Waals surface area (Å²) < 4.78 is 10.9. The number of likely N-dealkylation sites (N-methyl/N-ethyl adjacent to an activating group) is 1. The van der Waals surface area contributed by atoms with Crippen LogP contribution < -0.4 is 20.5 Å². The molecular formula is C15H21N3O4. The topological polar surface area (TPSA) is 93.9 Å². The molecule has 0 radical (unpaired) electrons. The van der Waals surface area contributed by atoms with Crippen LogP contribution in [0.1, 0.15) is 13.8 Å². The fourth-order valence-corrected chi connectivity index (χ4v) is 2.13. The predicted molar refractivity (Wildman–Crippen MR) is 82.0 cm³/mol. The van der Waals surface area contributed by atoms with Gasteiger partial charge in [0.1, 0.15) is 13.2 Å². The van der Waals surface area contributed by atoms with Crippen molar-refractivity contribution >= 4 is 17.5 Å². The Labute approximate surface area is 129 Å². The third-order valence-electron chi connectivity index (χ3n) is 3.24. The van der Waals surface area contributed by atoms with Gasteiger partial charge >= 0.3 is 0 Å². The Balaban J connectivity index is 1.98. The summed E-state index contributed by atoms with van der Waals surface area (Å²) in [7, 11) is 0. The number of carbonyl (C=O) groups excluding carboxylic acids is 2. The van der Waals surface area contributed by atoms with Crippen LogP contribution in [0.25, 0.3) is 0 Å². The van der Waals surface area contributed by atoms with E-state index in [-0.39, 0.29) is 18.4 Å². The van der Waals surface area contributed by atoms with Gasteiger partial charge in [-0.05, 0) is 26.0 Å². The number of fused-ring (bicyclic) bond motifs is 1. The van der Waals surface area contributed by atoms with Crippen LogP contribution in [0.3, 0.4) is 0 Å². The van der Waals surface area contributed by atoms with Gasteiger partial charge in [0.05, 0.1) is 12.6 Å². The van der Waals surface area contributed by atoms with E-state index in [1.54, 1.807) is 32.0 Å². The smallest absolute Gasteiger partial charge is 0.243 e. The van der Waals surface area contributed by atoms with Crippen molar-refractivity contribution in [2.75, 3.05) is 31.6 Å². The standard InChI is InChI=1S/C15H21N3O4/c1-3-18(15(20)10(2)16)9-14(19)17-11-4-5-12-13(8-11)22-7-6-21-12/h4-5,8,10H,3,6-7,9,16H2,1-2H3,(H,17,19)/t10-/m1/s1. The second-order valence-electron chi connectivity index (χ2n) is 5.05. The molecule has 0 aromatic heterocycles. The van der Waals surface area contributed by atoms with Gasteiger partial charge in [0, 0.05) is 18.3 Å². The van der Waals surface area contributed by atoms with Crippen LogP contribution in [0, 0.1) is 0 Å². The number of hydrogen-bond donors (Lipinski definition) is 2. The molecule has 1 heterocycles. The molecule has 7 heteroatoms. The summed E-state index contributed by atoms with van der Waals surface area (Å²) in [6.45, 7) is 4.79. The summed E-state index contributed by atoms with van der Waals surface area (Å²) in [4.78, 5) is 25.3. The van der Waals surface area contributed by atoms with Gasteiger partial charge in [0.15, 0.2) is 11.5 Å². The quantitative estimate of drug-likeness (QED) is 0.830. The molecule has 1 aromatic rings. The first-order valence-electron chi connectivity index (χ1n) is 7.25. The number of amides is 2. The van der Waals surface area contributed by atoms with E-state index < -0.39 is 6.04 Å². The average Bonchev–Trinajstić information content (AvgIpc) is 2.51. The fourth-order valence-electron chi connectivity index (χ4n) is 2.13. The van der Waals surface area contributed by atoms with E-state index in [1.807, 2.05) is 0 Å². The summed E-state index contributed by atoms with van der Waals surface area (Å²) in [6.07, 6.45) is 0. The van der Waals surface area contributed by atoms with Gasteiger partial charge < -0.3 is 25.4 Å². The number of anilines is 1. The van der Waals surface area contributed by atoms with Gasteiger partial charge in [0.25, 0.3) is 0 Å². The summed E-state index contributed by atoms with van der Waals surface area (Å²) in [5.41, 5.74) is 6.16. The van der Waals surface area contributed by atoms with Gasteiger partial charge in [-0.25, -0.2) is 0 Å². The van der Waals surface area contributed by atoms with Crippen LogP contribution in [0.15, 0.2) is 18.2 Å². The Morgan fingerprint density at radius 3 is 2.64 bits per heavy atom. The molecule has 0 aliphatic carbocycles. The highest BCUT2D eigenvalue weighted by Crippen LogP contribution is 2.32. The zero-order valence-corrected chi connectivity index (χ0v) is 12.8. The molecule has 1 aliphatic rings. The first-order valence-corrected chi connectivity index (χ1v) is 7.25. The molecule has 22 heavy (non-hydrogen) atoms. The largest absolute Gasteiger partial charge is 0.486 e. The summed E-state index contributed by atoms with van der Waals surface area (Å²) in [5.74, 6) is 0.724. The van der Waals surface area contributed by atoms with Crippen LogP contribution in [0.2, 0.25) is 0 Å². The van der Waals surface area contributed by atoms with Crippen molar-refractivity contribution in [1.29, 1.82) is 0 Å². The normalized spacial score (nSPS) is 14.1. The van der Waals surface area contributed by atoms with Crippen LogP contribution >= 0.6 is 0 Å². The minimum absolute atomic E-state index is 0.0364. The van der Waals surface area contributed by atoms with Gasteiger partial charge in [0.2, 0.25) is 11.8 Å². The predicted octanol–water partition coefficient (Wildman–Crippen LogP) is 0.592. The molecule has 1 atom stereocenters. The number of carbonyl (C=O) groups is 2. The maximum absolute atomic E-state index is 12.1. The first kappa shape index (κ1) is 16.1. The van der Waals surface area contributed by atoms with Crippen LogP contribution in [-0.4, -0.2) is 49.1 Å². The van der Waals surface area contributed by atoms with Crippen molar-refractivity contribution in [3.8, 4) is 11.5 Å². The summed E-state index contributed by atoms with van der Waals surface area (Å²) in [5, 5.41) is 2.74. The van der Waals surface area contributed by atoms with E-state index >= 15 is 0 Å². The van der Waals surface area contributed by atoms with Crippen molar-refractivity contribution in [1.82, 2.24) is 4.90 Å². The van der Waals surface area contributed by atoms with Crippen LogP contribution in [0.4, 0.5) is 5.69 Å². The lowest BCUT2D eigenvalue weighted by Crippen LogP contribution is -2.45. The number of rotatable bonds is 5. The molecule has 120 valence electrons. The van der Waals surface area contributed by atoms with Crippen molar-refractivity contribution in [3.63, 3.8) is 0 Å². The van der Waals surface area contributed by atoms with Crippen molar-refractivity contribution in [2.24, 2.45) is 5.73 Å². The zero-order valence-electron chi connectivity index (χ0n) is 12.8. The van der Waals surface area contributed by atoms with Gasteiger partial charge in [-0.15, -0.1) is 0 Å².